The van der Waals surface area contributed by atoms with Gasteiger partial charge >= 0.3 is 5.97 Å². The molecule has 0 aliphatic carbocycles. The van der Waals surface area contributed by atoms with Gasteiger partial charge in [0.25, 0.3) is 0 Å². The largest absolute Gasteiger partial charge is 0.545 e. The summed E-state index contributed by atoms with van der Waals surface area (Å²) in [5.74, 6) is -2.40. The lowest BCUT2D eigenvalue weighted by Gasteiger charge is -2.04. The predicted molar refractivity (Wildman–Crippen MR) is 86.5 cm³/mol. The zero-order valence-electron chi connectivity index (χ0n) is 10.8. The molecule has 1 unspecified atom stereocenters. The summed E-state index contributed by atoms with van der Waals surface area (Å²) in [7, 11) is 6.63. The van der Waals surface area contributed by atoms with Crippen LogP contribution in [0.3, 0.4) is 0 Å². The topological polar surface area (TPSA) is 77.4 Å². The Morgan fingerprint density at radius 1 is 1.18 bits per heavy atom. The van der Waals surface area contributed by atoms with Gasteiger partial charge in [0.05, 0.1) is 21.5 Å². The second-order valence-corrected chi connectivity index (χ2v) is 9.01. The molecular formula is C14H8Cl2O4S2. The van der Waals surface area contributed by atoms with Crippen molar-refractivity contribution in [1.29, 1.82) is 0 Å². The maximum Gasteiger partial charge on any atom is 0.337 e. The van der Waals surface area contributed by atoms with Crippen LogP contribution < -0.4 is 5.11 Å². The number of rotatable bonds is 5. The van der Waals surface area contributed by atoms with Gasteiger partial charge in [-0.1, -0.05) is 23.7 Å². The van der Waals surface area contributed by atoms with E-state index in [4.69, 9.17) is 27.4 Å². The molecule has 0 fully saturated rings. The number of hydrogen-bond donors (Lipinski definition) is 1. The first kappa shape index (κ1) is 17.0. The highest BCUT2D eigenvalue weighted by atomic mass is 35.8. The van der Waals surface area contributed by atoms with Gasteiger partial charge in [0, 0.05) is 6.07 Å². The highest BCUT2D eigenvalue weighted by molar-refractivity contribution is 8.82. The van der Waals surface area contributed by atoms with E-state index in [1.165, 1.54) is 35.1 Å². The average molecular weight is 375 g/mol. The maximum absolute atomic E-state index is 11.1. The molecule has 0 amide bonds. The Bertz CT molecular complexity index is 737. The number of benzene rings is 2. The summed E-state index contributed by atoms with van der Waals surface area (Å²) in [4.78, 5) is 23.1. The number of carbonyl (C=O) groups is 2. The molecule has 1 atom stereocenters. The Hall–Kier alpha value is -1.34. The molecule has 2 aromatic carbocycles. The lowest BCUT2D eigenvalue weighted by Crippen LogP contribution is -2.22. The van der Waals surface area contributed by atoms with Crippen LogP contribution in [0.2, 0.25) is 5.02 Å². The minimum atomic E-state index is -1.27. The first-order valence-corrected chi connectivity index (χ1v) is 9.58. The molecule has 0 aromatic heterocycles. The molecule has 0 spiro atoms. The van der Waals surface area contributed by atoms with Crippen LogP contribution in [0.25, 0.3) is 0 Å². The van der Waals surface area contributed by atoms with E-state index in [9.17, 15) is 14.7 Å². The Morgan fingerprint density at radius 2 is 1.91 bits per heavy atom. The molecule has 0 radical (unpaired) electrons. The van der Waals surface area contributed by atoms with Crippen molar-refractivity contribution in [2.75, 3.05) is 0 Å². The van der Waals surface area contributed by atoms with Crippen LogP contribution in [0.5, 0.6) is 0 Å². The van der Waals surface area contributed by atoms with Crippen molar-refractivity contribution in [2.45, 2.75) is 9.79 Å². The Morgan fingerprint density at radius 3 is 2.55 bits per heavy atom. The minimum Gasteiger partial charge on any atom is -0.545 e. The molecule has 0 heterocycles. The third-order valence-corrected chi connectivity index (χ3v) is 6.83. The van der Waals surface area contributed by atoms with Crippen LogP contribution in [-0.4, -0.2) is 17.0 Å². The number of halogens is 2. The number of carboxylic acid groups (broad SMARTS) is 2. The van der Waals surface area contributed by atoms with Crippen molar-refractivity contribution in [3.8, 4) is 0 Å². The summed E-state index contributed by atoms with van der Waals surface area (Å²) < 4.78 is 0. The second-order valence-electron chi connectivity index (χ2n) is 4.07. The van der Waals surface area contributed by atoms with Gasteiger partial charge in [-0.2, -0.15) is 0 Å². The first-order chi connectivity index (χ1) is 10.4. The monoisotopic (exact) mass is 374 g/mol. The van der Waals surface area contributed by atoms with Gasteiger partial charge in [-0.25, -0.2) is 4.79 Å². The molecule has 0 bridgehead atoms. The molecule has 2 aromatic rings. The number of carbonyl (C=O) groups excluding carboxylic acids is 1. The summed E-state index contributed by atoms with van der Waals surface area (Å²) in [6, 6.07) is 10.7. The minimum absolute atomic E-state index is 0.0265. The highest BCUT2D eigenvalue weighted by Crippen LogP contribution is 2.37. The van der Waals surface area contributed by atoms with E-state index < -0.39 is 21.1 Å². The summed E-state index contributed by atoms with van der Waals surface area (Å²) in [5, 5.41) is 20.0. The third-order valence-electron chi connectivity index (χ3n) is 2.59. The van der Waals surface area contributed by atoms with Crippen molar-refractivity contribution < 1.29 is 19.8 Å². The SMILES string of the molecule is O=C([O-])c1cccc(S[S+](Cl)c2ccc(Cl)c(C(=O)O)c2)c1. The first-order valence-electron chi connectivity index (χ1n) is 5.81. The van der Waals surface area contributed by atoms with Gasteiger partial charge in [0.2, 0.25) is 9.14 Å². The molecule has 4 nitrogen and oxygen atoms in total. The Labute approximate surface area is 142 Å². The van der Waals surface area contributed by atoms with E-state index in [-0.39, 0.29) is 16.1 Å². The molecule has 2 rings (SSSR count). The summed E-state index contributed by atoms with van der Waals surface area (Å²) in [6.45, 7) is 0. The van der Waals surface area contributed by atoms with Gasteiger partial charge < -0.3 is 15.0 Å². The molecule has 0 saturated heterocycles. The quantitative estimate of drug-likeness (QED) is 0.641. The Balaban J connectivity index is 2.24. The molecule has 0 saturated carbocycles. The number of aromatic carboxylic acids is 2. The van der Waals surface area contributed by atoms with E-state index >= 15 is 0 Å². The van der Waals surface area contributed by atoms with Crippen molar-refractivity contribution in [1.82, 2.24) is 0 Å². The van der Waals surface area contributed by atoms with Crippen molar-refractivity contribution in [3.05, 3.63) is 58.6 Å². The molecule has 8 heteroatoms. The molecule has 114 valence electrons. The zero-order valence-corrected chi connectivity index (χ0v) is 13.9. The summed E-state index contributed by atoms with van der Waals surface area (Å²) in [6.07, 6.45) is 0. The summed E-state index contributed by atoms with van der Waals surface area (Å²) in [5.41, 5.74) is 0.0300. The van der Waals surface area contributed by atoms with Gasteiger partial charge in [-0.15, -0.1) is 0 Å². The van der Waals surface area contributed by atoms with Crippen molar-refractivity contribution in [3.63, 3.8) is 0 Å². The smallest absolute Gasteiger partial charge is 0.337 e. The van der Waals surface area contributed by atoms with Gasteiger partial charge in [-0.3, -0.25) is 0 Å². The van der Waals surface area contributed by atoms with Gasteiger partial charge in [0.15, 0.2) is 26.4 Å². The van der Waals surface area contributed by atoms with Crippen molar-refractivity contribution >= 4 is 54.2 Å². The van der Waals surface area contributed by atoms with E-state index in [0.717, 1.165) is 0 Å². The third kappa shape index (κ3) is 4.10. The maximum atomic E-state index is 11.1. The van der Waals surface area contributed by atoms with Crippen LogP contribution in [0, 0.1) is 0 Å². The van der Waals surface area contributed by atoms with E-state index in [1.54, 1.807) is 18.2 Å². The van der Waals surface area contributed by atoms with Crippen LogP contribution in [0.4, 0.5) is 0 Å². The van der Waals surface area contributed by atoms with E-state index in [1.807, 2.05) is 0 Å². The number of carboxylic acids is 2. The normalized spacial score (nSPS) is 11.9. The fourth-order valence-electron chi connectivity index (χ4n) is 1.58. The molecule has 22 heavy (non-hydrogen) atoms. The second kappa shape index (κ2) is 7.28. The summed E-state index contributed by atoms with van der Waals surface area (Å²) >= 11 is 5.81. The van der Waals surface area contributed by atoms with Crippen molar-refractivity contribution in [2.24, 2.45) is 0 Å². The lowest BCUT2D eigenvalue weighted by molar-refractivity contribution is -0.255. The van der Waals surface area contributed by atoms with E-state index in [0.29, 0.717) is 9.79 Å². The molecule has 0 aliphatic heterocycles. The standard InChI is InChI=1S/C14H8Cl2O4S2/c15-12-5-4-10(7-11(12)14(19)20)22(16)21-9-3-1-2-8(6-9)13(17)18/h1-7H,(H-,17,18,19,20). The zero-order chi connectivity index (χ0) is 16.3. The fraction of sp³-hybridized carbons (Fsp3) is 0. The van der Waals surface area contributed by atoms with Crippen LogP contribution in [-0.2, 0) is 9.14 Å². The lowest BCUT2D eigenvalue weighted by atomic mass is 10.2. The highest BCUT2D eigenvalue weighted by Gasteiger charge is 2.26. The average Bonchev–Trinajstić information content (AvgIpc) is 2.47. The van der Waals surface area contributed by atoms with Gasteiger partial charge in [0.1, 0.15) is 0 Å². The predicted octanol–water partition coefficient (Wildman–Crippen LogP) is 3.24. The van der Waals surface area contributed by atoms with Gasteiger partial charge in [-0.05, 0) is 29.8 Å². The van der Waals surface area contributed by atoms with E-state index in [2.05, 4.69) is 0 Å². The van der Waals surface area contributed by atoms with Crippen LogP contribution >= 0.6 is 33.1 Å². The van der Waals surface area contributed by atoms with Crippen LogP contribution in [0.15, 0.2) is 52.3 Å². The fourth-order valence-corrected chi connectivity index (χ4v) is 5.09. The molecule has 1 N–H and O–H groups in total. The number of hydrogen-bond acceptors (Lipinski definition) is 4. The molecule has 0 aliphatic rings. The molecular weight excluding hydrogens is 367 g/mol. The Kier molecular flexibility index (Phi) is 5.63. The van der Waals surface area contributed by atoms with Crippen LogP contribution in [0.1, 0.15) is 20.7 Å².